The van der Waals surface area contributed by atoms with Gasteiger partial charge in [-0.1, -0.05) is 36.8 Å². The predicted molar refractivity (Wildman–Crippen MR) is 188 cm³/mol. The third-order valence-electron chi connectivity index (χ3n) is 7.28. The molecule has 2 amide bonds. The number of rotatable bonds is 14. The highest BCUT2D eigenvalue weighted by atomic mass is 32.2. The first kappa shape index (κ1) is 36.2. The van der Waals surface area contributed by atoms with E-state index in [9.17, 15) is 37.8 Å². The van der Waals surface area contributed by atoms with Crippen molar-refractivity contribution < 1.29 is 52.0 Å². The third-order valence-corrected chi connectivity index (χ3v) is 9.03. The first-order valence-corrected chi connectivity index (χ1v) is 16.7. The van der Waals surface area contributed by atoms with Crippen molar-refractivity contribution in [3.8, 4) is 29.8 Å². The van der Waals surface area contributed by atoms with E-state index in [0.29, 0.717) is 5.75 Å². The number of ether oxygens (including phenoxy) is 3. The summed E-state index contributed by atoms with van der Waals surface area (Å²) in [6, 6.07) is 27.2. The van der Waals surface area contributed by atoms with Crippen molar-refractivity contribution in [1.82, 2.24) is 0 Å². The van der Waals surface area contributed by atoms with Crippen LogP contribution in [-0.2, 0) is 9.84 Å². The molecule has 0 aliphatic rings. The maximum atomic E-state index is 13.6. The molecule has 0 spiro atoms. The number of hydrogen-bond acceptors (Lipinski definition) is 9. The van der Waals surface area contributed by atoms with Gasteiger partial charge in [-0.2, -0.15) is 0 Å². The normalized spacial score (nSPS) is 10.7. The number of anilines is 2. The highest BCUT2D eigenvalue weighted by Crippen LogP contribution is 2.27. The van der Waals surface area contributed by atoms with Gasteiger partial charge < -0.3 is 35.1 Å². The summed E-state index contributed by atoms with van der Waals surface area (Å²) < 4.78 is 43.3. The molecule has 13 nitrogen and oxygen atoms in total. The molecule has 0 radical (unpaired) electrons. The lowest BCUT2D eigenvalue weighted by Gasteiger charge is -2.13. The summed E-state index contributed by atoms with van der Waals surface area (Å²) >= 11 is 0. The summed E-state index contributed by atoms with van der Waals surface area (Å²) in [5, 5.41) is 24.4. The largest absolute Gasteiger partial charge is 0.490 e. The van der Waals surface area contributed by atoms with E-state index in [2.05, 4.69) is 10.6 Å². The van der Waals surface area contributed by atoms with E-state index in [1.54, 1.807) is 12.1 Å². The molecule has 4 N–H and O–H groups in total. The maximum absolute atomic E-state index is 13.6. The summed E-state index contributed by atoms with van der Waals surface area (Å²) in [5.41, 5.74) is -1.04. The van der Waals surface area contributed by atoms with Crippen molar-refractivity contribution in [2.24, 2.45) is 0 Å². The fraction of sp³-hybridized carbons (Fsp3) is 0.0526. The number of amides is 2. The quantitative estimate of drug-likeness (QED) is 0.0794. The molecule has 0 bridgehead atoms. The topological polar surface area (TPSA) is 195 Å². The van der Waals surface area contributed by atoms with Gasteiger partial charge in [0, 0.05) is 11.4 Å². The Kier molecular flexibility index (Phi) is 11.2. The van der Waals surface area contributed by atoms with Gasteiger partial charge in [0.1, 0.15) is 36.6 Å². The van der Waals surface area contributed by atoms with Gasteiger partial charge in [-0.3, -0.25) is 9.59 Å². The molecular formula is C38H28N2O11S. The molecule has 0 fully saturated rings. The number of terminal acetylenes is 1. The molecule has 0 atom stereocenters. The van der Waals surface area contributed by atoms with Crippen LogP contribution >= 0.6 is 0 Å². The number of sulfone groups is 1. The van der Waals surface area contributed by atoms with Gasteiger partial charge in [0.05, 0.1) is 32.0 Å². The highest BCUT2D eigenvalue weighted by molar-refractivity contribution is 7.91. The van der Waals surface area contributed by atoms with Crippen LogP contribution in [0.15, 0.2) is 125 Å². The molecule has 5 aromatic carbocycles. The number of benzene rings is 5. The lowest BCUT2D eigenvalue weighted by atomic mass is 10.1. The van der Waals surface area contributed by atoms with Crippen LogP contribution in [0.2, 0.25) is 0 Å². The molecule has 5 aromatic rings. The zero-order chi connectivity index (χ0) is 37.3. The number of carbonyl (C=O) groups excluding carboxylic acids is 2. The van der Waals surface area contributed by atoms with Gasteiger partial charge in [0.25, 0.3) is 11.8 Å². The second-order valence-electron chi connectivity index (χ2n) is 10.7. The number of para-hydroxylation sites is 1. The monoisotopic (exact) mass is 720 g/mol. The maximum Gasteiger partial charge on any atom is 0.336 e. The minimum Gasteiger partial charge on any atom is -0.490 e. The van der Waals surface area contributed by atoms with E-state index in [1.165, 1.54) is 78.9 Å². The third kappa shape index (κ3) is 8.72. The van der Waals surface area contributed by atoms with E-state index in [4.69, 9.17) is 20.6 Å². The second kappa shape index (κ2) is 16.1. The van der Waals surface area contributed by atoms with E-state index in [0.717, 1.165) is 6.07 Å². The Bertz CT molecular complexity index is 2320. The van der Waals surface area contributed by atoms with Crippen molar-refractivity contribution in [1.29, 1.82) is 0 Å². The minimum absolute atomic E-state index is 0.0365. The van der Waals surface area contributed by atoms with Crippen molar-refractivity contribution in [2.75, 3.05) is 23.8 Å². The molecule has 0 unspecified atom stereocenters. The van der Waals surface area contributed by atoms with Crippen LogP contribution in [0.3, 0.4) is 0 Å². The number of carboxylic acids is 2. The smallest absolute Gasteiger partial charge is 0.336 e. The Morgan fingerprint density at radius 1 is 0.577 bits per heavy atom. The lowest BCUT2D eigenvalue weighted by Crippen LogP contribution is -2.17. The fourth-order valence-electron chi connectivity index (χ4n) is 4.87. The van der Waals surface area contributed by atoms with Gasteiger partial charge in [-0.25, -0.2) is 18.0 Å². The van der Waals surface area contributed by atoms with Crippen LogP contribution in [0, 0.1) is 12.5 Å². The first-order chi connectivity index (χ1) is 25.0. The van der Waals surface area contributed by atoms with E-state index in [-0.39, 0.29) is 62.6 Å². The number of hydrogen-bond donors (Lipinski definition) is 4. The number of carbonyl (C=O) groups is 4. The highest BCUT2D eigenvalue weighted by Gasteiger charge is 2.23. The summed E-state index contributed by atoms with van der Waals surface area (Å²) in [4.78, 5) is 49.6. The van der Waals surface area contributed by atoms with Crippen molar-refractivity contribution in [3.05, 3.63) is 138 Å². The zero-order valence-electron chi connectivity index (χ0n) is 26.9. The number of carboxylic acid groups (broad SMARTS) is 2. The molecule has 52 heavy (non-hydrogen) atoms. The molecule has 5 rings (SSSR count). The van der Waals surface area contributed by atoms with Crippen LogP contribution in [0.5, 0.6) is 17.2 Å². The van der Waals surface area contributed by atoms with Crippen molar-refractivity contribution >= 4 is 45.0 Å². The minimum atomic E-state index is -4.23. The molecule has 0 aliphatic carbocycles. The SMILES string of the molecule is C#COc1ccc(C(=O)Nc2cccc(S(=O)(=O)c3cccc(NC(=O)c4ccc(OCCOc5ccccc5)cc4C(=O)O)c3)c2)c(C(=O)O)c1. The average Bonchev–Trinajstić information content (AvgIpc) is 3.14. The van der Waals surface area contributed by atoms with E-state index < -0.39 is 39.2 Å². The molecule has 0 saturated heterocycles. The molecule has 0 saturated carbocycles. The lowest BCUT2D eigenvalue weighted by molar-refractivity contribution is 0.0683. The van der Waals surface area contributed by atoms with E-state index >= 15 is 0 Å². The summed E-state index contributed by atoms with van der Waals surface area (Å²) in [6.45, 7) is 0.304. The Balaban J connectivity index is 1.29. The predicted octanol–water partition coefficient (Wildman–Crippen LogP) is 5.85. The van der Waals surface area contributed by atoms with Crippen LogP contribution in [0.4, 0.5) is 11.4 Å². The van der Waals surface area contributed by atoms with Gasteiger partial charge in [-0.05, 0) is 84.9 Å². The standard InChI is InChI=1S/C38H28N2O11S/c1-2-49-27-14-16-31(33(22-27)37(43)44)35(41)39-24-8-6-12-29(20-24)52(47,48)30-13-7-9-25(21-30)40-36(42)32-17-15-28(23-34(32)38(45)46)51-19-18-50-26-10-4-3-5-11-26/h1,3-17,20-23H,18-19H2,(H,39,41)(H,40,42)(H,43,44)(H,45,46). The molecular weight excluding hydrogens is 692 g/mol. The van der Waals surface area contributed by atoms with Crippen LogP contribution < -0.4 is 24.8 Å². The Morgan fingerprint density at radius 3 is 1.56 bits per heavy atom. The van der Waals surface area contributed by atoms with Crippen molar-refractivity contribution in [3.63, 3.8) is 0 Å². The Labute approximate surface area is 297 Å². The van der Waals surface area contributed by atoms with Crippen LogP contribution in [0.25, 0.3) is 0 Å². The zero-order valence-corrected chi connectivity index (χ0v) is 27.8. The average molecular weight is 721 g/mol. The summed E-state index contributed by atoms with van der Waals surface area (Å²) in [7, 11) is -4.23. The first-order valence-electron chi connectivity index (χ1n) is 15.2. The molecule has 0 aromatic heterocycles. The molecule has 14 heteroatoms. The molecule has 262 valence electrons. The Morgan fingerprint density at radius 2 is 1.06 bits per heavy atom. The van der Waals surface area contributed by atoms with Crippen molar-refractivity contribution in [2.45, 2.75) is 9.79 Å². The van der Waals surface area contributed by atoms with Gasteiger partial charge >= 0.3 is 11.9 Å². The second-order valence-corrected chi connectivity index (χ2v) is 12.7. The fourth-order valence-corrected chi connectivity index (χ4v) is 6.22. The van der Waals surface area contributed by atoms with Gasteiger partial charge in [-0.15, -0.1) is 0 Å². The number of nitrogens with one attached hydrogen (secondary N) is 2. The van der Waals surface area contributed by atoms with Gasteiger partial charge in [0.2, 0.25) is 9.84 Å². The van der Waals surface area contributed by atoms with Crippen LogP contribution in [0.1, 0.15) is 41.4 Å². The summed E-state index contributed by atoms with van der Waals surface area (Å²) in [5.74, 6) is -3.55. The summed E-state index contributed by atoms with van der Waals surface area (Å²) in [6.07, 6.45) is 7.00. The van der Waals surface area contributed by atoms with E-state index in [1.807, 2.05) is 24.3 Å². The van der Waals surface area contributed by atoms with Gasteiger partial charge in [0.15, 0.2) is 0 Å². The molecule has 0 heterocycles. The Hall–Kier alpha value is -7.11. The van der Waals surface area contributed by atoms with Crippen LogP contribution in [-0.4, -0.2) is 55.6 Å². The molecule has 0 aliphatic heterocycles. The number of aromatic carboxylic acids is 2.